The first-order chi connectivity index (χ1) is 9.08. The molecule has 0 spiro atoms. The zero-order valence-corrected chi connectivity index (χ0v) is 12.5. The van der Waals surface area contributed by atoms with Crippen LogP contribution in [0.4, 0.5) is 0 Å². The Balaban J connectivity index is 1.96. The van der Waals surface area contributed by atoms with Crippen LogP contribution < -0.4 is 11.1 Å². The number of rotatable bonds is 8. The number of hydrogen-bond acceptors (Lipinski definition) is 3. The van der Waals surface area contributed by atoms with E-state index in [1.54, 1.807) is 0 Å². The maximum Gasteiger partial charge on any atom is 0.220 e. The van der Waals surface area contributed by atoms with Crippen LogP contribution in [0.3, 0.4) is 0 Å². The number of carbonyl (C=O) groups excluding carboxylic acids is 1. The lowest BCUT2D eigenvalue weighted by molar-refractivity contribution is -0.122. The van der Waals surface area contributed by atoms with Gasteiger partial charge in [0.1, 0.15) is 0 Å². The molecular formula is C15H30N2O2. The fraction of sp³-hybridized carbons (Fsp3) is 0.933. The van der Waals surface area contributed by atoms with Crippen LogP contribution in [0.2, 0.25) is 0 Å². The van der Waals surface area contributed by atoms with Gasteiger partial charge in [-0.25, -0.2) is 0 Å². The van der Waals surface area contributed by atoms with E-state index in [1.807, 2.05) is 0 Å². The van der Waals surface area contributed by atoms with Crippen LogP contribution in [-0.4, -0.2) is 31.7 Å². The minimum absolute atomic E-state index is 0.185. The van der Waals surface area contributed by atoms with E-state index in [1.165, 1.54) is 0 Å². The molecule has 0 heterocycles. The molecule has 1 aliphatic carbocycles. The molecule has 0 unspecified atom stereocenters. The number of nitrogens with one attached hydrogen (secondary N) is 1. The maximum atomic E-state index is 11.8. The van der Waals surface area contributed by atoms with Crippen molar-refractivity contribution in [3.8, 4) is 0 Å². The fourth-order valence-corrected chi connectivity index (χ4v) is 2.45. The van der Waals surface area contributed by atoms with E-state index < -0.39 is 0 Å². The molecule has 0 saturated heterocycles. The largest absolute Gasteiger partial charge is 0.381 e. The van der Waals surface area contributed by atoms with Gasteiger partial charge >= 0.3 is 0 Å². The van der Waals surface area contributed by atoms with Crippen molar-refractivity contribution < 1.29 is 9.53 Å². The topological polar surface area (TPSA) is 64.3 Å². The summed E-state index contributed by atoms with van der Waals surface area (Å²) in [6, 6.07) is 0.359. The Hall–Kier alpha value is -0.610. The summed E-state index contributed by atoms with van der Waals surface area (Å²) >= 11 is 0. The summed E-state index contributed by atoms with van der Waals surface area (Å²) in [4.78, 5) is 11.8. The van der Waals surface area contributed by atoms with E-state index >= 15 is 0 Å². The number of amides is 1. The average molecular weight is 270 g/mol. The predicted octanol–water partition coefficient (Wildman–Crippen LogP) is 2.07. The van der Waals surface area contributed by atoms with Gasteiger partial charge in [0.25, 0.3) is 0 Å². The van der Waals surface area contributed by atoms with Gasteiger partial charge in [-0.1, -0.05) is 13.8 Å². The molecule has 4 heteroatoms. The van der Waals surface area contributed by atoms with E-state index in [-0.39, 0.29) is 5.91 Å². The average Bonchev–Trinajstić information content (AvgIpc) is 2.36. The summed E-state index contributed by atoms with van der Waals surface area (Å²) in [6.07, 6.45) is 5.91. The summed E-state index contributed by atoms with van der Waals surface area (Å²) in [6.45, 7) is 6.53. The second kappa shape index (κ2) is 9.32. The molecule has 0 bridgehead atoms. The summed E-state index contributed by atoms with van der Waals surface area (Å²) in [5, 5.41) is 2.98. The SMILES string of the molecule is CC(C)COCCCNC(=O)CC1CCC(N)CC1. The first kappa shape index (κ1) is 16.4. The highest BCUT2D eigenvalue weighted by atomic mass is 16.5. The summed E-state index contributed by atoms with van der Waals surface area (Å²) in [5.41, 5.74) is 5.86. The van der Waals surface area contributed by atoms with Crippen molar-refractivity contribution >= 4 is 5.91 Å². The van der Waals surface area contributed by atoms with E-state index in [0.717, 1.165) is 51.9 Å². The third-order valence-electron chi connectivity index (χ3n) is 3.60. The number of hydrogen-bond donors (Lipinski definition) is 2. The van der Waals surface area contributed by atoms with Gasteiger partial charge in [-0.05, 0) is 43.9 Å². The van der Waals surface area contributed by atoms with E-state index in [4.69, 9.17) is 10.5 Å². The lowest BCUT2D eigenvalue weighted by atomic mass is 9.84. The monoisotopic (exact) mass is 270 g/mol. The van der Waals surface area contributed by atoms with Gasteiger partial charge in [0.2, 0.25) is 5.91 Å². The number of ether oxygens (including phenoxy) is 1. The highest BCUT2D eigenvalue weighted by molar-refractivity contribution is 5.76. The van der Waals surface area contributed by atoms with Crippen molar-refractivity contribution in [1.29, 1.82) is 0 Å². The molecule has 1 aliphatic rings. The molecule has 1 amide bonds. The molecule has 4 nitrogen and oxygen atoms in total. The molecule has 0 atom stereocenters. The van der Waals surface area contributed by atoms with Crippen molar-refractivity contribution in [2.75, 3.05) is 19.8 Å². The second-order valence-electron chi connectivity index (χ2n) is 6.16. The number of nitrogens with two attached hydrogens (primary N) is 1. The second-order valence-corrected chi connectivity index (χ2v) is 6.16. The molecule has 1 saturated carbocycles. The van der Waals surface area contributed by atoms with Crippen LogP contribution in [0.5, 0.6) is 0 Å². The van der Waals surface area contributed by atoms with Crippen LogP contribution >= 0.6 is 0 Å². The van der Waals surface area contributed by atoms with Gasteiger partial charge in [0.15, 0.2) is 0 Å². The summed E-state index contributed by atoms with van der Waals surface area (Å²) in [5.74, 6) is 1.30. The van der Waals surface area contributed by atoms with Crippen molar-refractivity contribution in [2.45, 2.75) is 58.4 Å². The quantitative estimate of drug-likeness (QED) is 0.664. The molecule has 0 aromatic heterocycles. The summed E-state index contributed by atoms with van der Waals surface area (Å²) < 4.78 is 5.47. The van der Waals surface area contributed by atoms with Gasteiger partial charge in [-0.2, -0.15) is 0 Å². The normalized spacial score (nSPS) is 23.6. The Morgan fingerprint density at radius 1 is 1.32 bits per heavy atom. The fourth-order valence-electron chi connectivity index (χ4n) is 2.45. The molecule has 1 rings (SSSR count). The van der Waals surface area contributed by atoms with Gasteiger partial charge in [0, 0.05) is 32.2 Å². The highest BCUT2D eigenvalue weighted by Gasteiger charge is 2.20. The smallest absolute Gasteiger partial charge is 0.220 e. The first-order valence-electron chi connectivity index (χ1n) is 7.68. The minimum atomic E-state index is 0.185. The zero-order chi connectivity index (χ0) is 14.1. The van der Waals surface area contributed by atoms with Gasteiger partial charge in [-0.3, -0.25) is 4.79 Å². The molecule has 1 fully saturated rings. The molecule has 0 aromatic rings. The third kappa shape index (κ3) is 8.22. The predicted molar refractivity (Wildman–Crippen MR) is 77.8 cm³/mol. The van der Waals surface area contributed by atoms with Crippen molar-refractivity contribution in [2.24, 2.45) is 17.6 Å². The van der Waals surface area contributed by atoms with Crippen molar-refractivity contribution in [1.82, 2.24) is 5.32 Å². The standard InChI is InChI=1S/C15H30N2O2/c1-12(2)11-19-9-3-8-17-15(18)10-13-4-6-14(16)7-5-13/h12-14H,3-11,16H2,1-2H3,(H,17,18). The van der Waals surface area contributed by atoms with E-state index in [2.05, 4.69) is 19.2 Å². The molecule has 3 N–H and O–H groups in total. The van der Waals surface area contributed by atoms with Gasteiger partial charge < -0.3 is 15.8 Å². The Kier molecular flexibility index (Phi) is 8.07. The minimum Gasteiger partial charge on any atom is -0.381 e. The molecule has 0 radical (unpaired) electrons. The Morgan fingerprint density at radius 2 is 2.00 bits per heavy atom. The lowest BCUT2D eigenvalue weighted by Gasteiger charge is -2.25. The Labute approximate surface area is 117 Å². The Bertz CT molecular complexity index is 249. The van der Waals surface area contributed by atoms with Crippen LogP contribution in [0.25, 0.3) is 0 Å². The zero-order valence-electron chi connectivity index (χ0n) is 12.5. The van der Waals surface area contributed by atoms with E-state index in [9.17, 15) is 4.79 Å². The highest BCUT2D eigenvalue weighted by Crippen LogP contribution is 2.25. The maximum absolute atomic E-state index is 11.8. The van der Waals surface area contributed by atoms with Gasteiger partial charge in [-0.15, -0.1) is 0 Å². The first-order valence-corrected chi connectivity index (χ1v) is 7.68. The van der Waals surface area contributed by atoms with Crippen LogP contribution in [0.15, 0.2) is 0 Å². The van der Waals surface area contributed by atoms with Crippen LogP contribution in [0, 0.1) is 11.8 Å². The third-order valence-corrected chi connectivity index (χ3v) is 3.60. The van der Waals surface area contributed by atoms with E-state index in [0.29, 0.717) is 24.3 Å². The van der Waals surface area contributed by atoms with Gasteiger partial charge in [0.05, 0.1) is 0 Å². The molecule has 112 valence electrons. The number of carbonyl (C=O) groups is 1. The molecule has 19 heavy (non-hydrogen) atoms. The molecule has 0 aromatic carbocycles. The molecule has 0 aliphatic heterocycles. The Morgan fingerprint density at radius 3 is 2.63 bits per heavy atom. The van der Waals surface area contributed by atoms with Crippen molar-refractivity contribution in [3.63, 3.8) is 0 Å². The summed E-state index contributed by atoms with van der Waals surface area (Å²) in [7, 11) is 0. The molecular weight excluding hydrogens is 240 g/mol. The van der Waals surface area contributed by atoms with Crippen LogP contribution in [0.1, 0.15) is 52.4 Å². The lowest BCUT2D eigenvalue weighted by Crippen LogP contribution is -2.31. The van der Waals surface area contributed by atoms with Crippen molar-refractivity contribution in [3.05, 3.63) is 0 Å². The van der Waals surface area contributed by atoms with Crippen LogP contribution in [-0.2, 0) is 9.53 Å².